The van der Waals surface area contributed by atoms with Crippen molar-refractivity contribution in [3.63, 3.8) is 0 Å². The molecule has 2 heterocycles. The highest BCUT2D eigenvalue weighted by atomic mass is 16.5. The normalized spacial score (nSPS) is 22.7. The van der Waals surface area contributed by atoms with Crippen molar-refractivity contribution in [2.45, 2.75) is 38.8 Å². The monoisotopic (exact) mass is 343 g/mol. The molecular formula is C20H29N3O2. The molecule has 3 rings (SSSR count). The number of nitrogens with one attached hydrogen (secondary N) is 1. The molecule has 3 atom stereocenters. The van der Waals surface area contributed by atoms with Crippen LogP contribution < -0.4 is 10.1 Å². The van der Waals surface area contributed by atoms with Crippen molar-refractivity contribution in [1.29, 1.82) is 0 Å². The number of rotatable bonds is 6. The molecule has 0 bridgehead atoms. The molecule has 2 N–H and O–H groups in total. The molecule has 5 nitrogen and oxygen atoms in total. The fraction of sp³-hybridized carbons (Fsp3) is 0.550. The molecule has 0 aliphatic carbocycles. The Hall–Kier alpha value is -1.85. The van der Waals surface area contributed by atoms with Crippen molar-refractivity contribution in [3.05, 3.63) is 30.5 Å². The standard InChI is InChI=1S/C20H29N3O2/c1-14-6-5-9-23(15(14)2)13-17(24)12-22-19-11-18(25-3)10-16-7-4-8-21-20(16)19/h4,7-8,10-11,14-15,17,22,24H,5-6,9,12-13H2,1-3H3. The van der Waals surface area contributed by atoms with E-state index >= 15 is 0 Å². The number of pyridine rings is 1. The summed E-state index contributed by atoms with van der Waals surface area (Å²) in [7, 11) is 1.66. The predicted octanol–water partition coefficient (Wildman–Crippen LogP) is 3.14. The Bertz CT molecular complexity index is 706. The third-order valence-corrected chi connectivity index (χ3v) is 5.39. The zero-order valence-corrected chi connectivity index (χ0v) is 15.4. The van der Waals surface area contributed by atoms with Gasteiger partial charge in [-0.1, -0.05) is 13.0 Å². The summed E-state index contributed by atoms with van der Waals surface area (Å²) in [6.45, 7) is 6.84. The molecule has 1 fully saturated rings. The number of methoxy groups -OCH3 is 1. The number of aromatic nitrogens is 1. The van der Waals surface area contributed by atoms with Gasteiger partial charge < -0.3 is 15.2 Å². The molecule has 1 aromatic heterocycles. The van der Waals surface area contributed by atoms with E-state index in [-0.39, 0.29) is 0 Å². The molecule has 0 spiro atoms. The molecule has 1 aromatic carbocycles. The Morgan fingerprint density at radius 3 is 3.04 bits per heavy atom. The molecule has 5 heteroatoms. The Morgan fingerprint density at radius 1 is 1.40 bits per heavy atom. The van der Waals surface area contributed by atoms with Gasteiger partial charge in [-0.2, -0.15) is 0 Å². The van der Waals surface area contributed by atoms with E-state index in [0.29, 0.717) is 25.0 Å². The fourth-order valence-electron chi connectivity index (χ4n) is 3.66. The smallest absolute Gasteiger partial charge is 0.121 e. The van der Waals surface area contributed by atoms with Gasteiger partial charge in [0.05, 0.1) is 24.4 Å². The van der Waals surface area contributed by atoms with Crippen LogP contribution in [0.5, 0.6) is 5.75 Å². The van der Waals surface area contributed by atoms with Crippen LogP contribution in [0.2, 0.25) is 0 Å². The number of anilines is 1. The summed E-state index contributed by atoms with van der Waals surface area (Å²) in [6.07, 6.45) is 3.87. The van der Waals surface area contributed by atoms with Crippen molar-refractivity contribution in [2.24, 2.45) is 5.92 Å². The van der Waals surface area contributed by atoms with Crippen LogP contribution in [-0.2, 0) is 0 Å². The second-order valence-corrected chi connectivity index (χ2v) is 7.14. The highest BCUT2D eigenvalue weighted by Crippen LogP contribution is 2.28. The number of β-amino-alcohol motifs (C(OH)–C–C–N with tert-alkyl or cyclic N) is 1. The first-order valence-corrected chi connectivity index (χ1v) is 9.17. The van der Waals surface area contributed by atoms with Crippen LogP contribution in [0, 0.1) is 5.92 Å². The molecule has 1 aliphatic rings. The van der Waals surface area contributed by atoms with Crippen LogP contribution in [-0.4, -0.2) is 53.9 Å². The van der Waals surface area contributed by atoms with E-state index in [1.54, 1.807) is 13.3 Å². The van der Waals surface area contributed by atoms with Gasteiger partial charge in [0, 0.05) is 36.8 Å². The molecule has 1 saturated heterocycles. The van der Waals surface area contributed by atoms with Gasteiger partial charge in [-0.25, -0.2) is 0 Å². The average Bonchev–Trinajstić information content (AvgIpc) is 2.63. The van der Waals surface area contributed by atoms with Gasteiger partial charge in [-0.15, -0.1) is 0 Å². The van der Waals surface area contributed by atoms with E-state index in [2.05, 4.69) is 29.0 Å². The highest BCUT2D eigenvalue weighted by molar-refractivity contribution is 5.91. The van der Waals surface area contributed by atoms with Crippen molar-refractivity contribution in [2.75, 3.05) is 32.1 Å². The average molecular weight is 343 g/mol. The van der Waals surface area contributed by atoms with Crippen LogP contribution in [0.1, 0.15) is 26.7 Å². The van der Waals surface area contributed by atoms with Crippen LogP contribution in [0.4, 0.5) is 5.69 Å². The van der Waals surface area contributed by atoms with E-state index in [0.717, 1.165) is 28.9 Å². The largest absolute Gasteiger partial charge is 0.497 e. The van der Waals surface area contributed by atoms with Crippen molar-refractivity contribution in [3.8, 4) is 5.75 Å². The first-order valence-electron chi connectivity index (χ1n) is 9.17. The number of nitrogens with zero attached hydrogens (tertiary/aromatic N) is 2. The molecule has 0 saturated carbocycles. The van der Waals surface area contributed by atoms with Gasteiger partial charge in [0.1, 0.15) is 5.75 Å². The lowest BCUT2D eigenvalue weighted by Crippen LogP contribution is -2.47. The number of fused-ring (bicyclic) bond motifs is 1. The van der Waals surface area contributed by atoms with E-state index in [1.165, 1.54) is 12.8 Å². The lowest BCUT2D eigenvalue weighted by Gasteiger charge is -2.39. The second-order valence-electron chi connectivity index (χ2n) is 7.14. The maximum Gasteiger partial charge on any atom is 0.121 e. The second kappa shape index (κ2) is 8.02. The Morgan fingerprint density at radius 2 is 2.24 bits per heavy atom. The number of hydrogen-bond acceptors (Lipinski definition) is 5. The molecule has 25 heavy (non-hydrogen) atoms. The predicted molar refractivity (Wildman–Crippen MR) is 102 cm³/mol. The summed E-state index contributed by atoms with van der Waals surface area (Å²) in [4.78, 5) is 6.87. The van der Waals surface area contributed by atoms with Crippen LogP contribution >= 0.6 is 0 Å². The lowest BCUT2D eigenvalue weighted by atomic mass is 9.92. The quantitative estimate of drug-likeness (QED) is 0.844. The Kier molecular flexibility index (Phi) is 5.76. The van der Waals surface area contributed by atoms with E-state index in [9.17, 15) is 5.11 Å². The van der Waals surface area contributed by atoms with E-state index < -0.39 is 6.10 Å². The first kappa shape index (κ1) is 18.0. The SMILES string of the molecule is COc1cc(NCC(O)CN2CCCC(C)C2C)c2ncccc2c1. The summed E-state index contributed by atoms with van der Waals surface area (Å²) < 4.78 is 5.38. The fourth-order valence-corrected chi connectivity index (χ4v) is 3.66. The lowest BCUT2D eigenvalue weighted by molar-refractivity contribution is 0.0569. The van der Waals surface area contributed by atoms with Crippen molar-refractivity contribution >= 4 is 16.6 Å². The maximum atomic E-state index is 10.5. The topological polar surface area (TPSA) is 57.6 Å². The minimum Gasteiger partial charge on any atom is -0.497 e. The summed E-state index contributed by atoms with van der Waals surface area (Å²) in [5.74, 6) is 1.48. The number of benzene rings is 1. The minimum atomic E-state index is -0.419. The van der Waals surface area contributed by atoms with Gasteiger partial charge in [-0.3, -0.25) is 9.88 Å². The maximum absolute atomic E-state index is 10.5. The highest BCUT2D eigenvalue weighted by Gasteiger charge is 2.26. The third kappa shape index (κ3) is 4.22. The van der Waals surface area contributed by atoms with Crippen molar-refractivity contribution in [1.82, 2.24) is 9.88 Å². The Balaban J connectivity index is 1.66. The molecule has 0 radical (unpaired) electrons. The number of ether oxygens (including phenoxy) is 1. The first-order chi connectivity index (χ1) is 12.1. The van der Waals surface area contributed by atoms with Gasteiger partial charge in [0.25, 0.3) is 0 Å². The zero-order chi connectivity index (χ0) is 17.8. The number of piperidine rings is 1. The molecule has 3 unspecified atom stereocenters. The van der Waals surface area contributed by atoms with Gasteiger partial charge in [-0.05, 0) is 44.4 Å². The number of aliphatic hydroxyl groups is 1. The van der Waals surface area contributed by atoms with E-state index in [1.807, 2.05) is 24.3 Å². The third-order valence-electron chi connectivity index (χ3n) is 5.39. The summed E-state index contributed by atoms with van der Waals surface area (Å²) in [5, 5.41) is 14.9. The number of likely N-dealkylation sites (tertiary alicyclic amines) is 1. The van der Waals surface area contributed by atoms with Crippen LogP contribution in [0.25, 0.3) is 10.9 Å². The summed E-state index contributed by atoms with van der Waals surface area (Å²) in [5.41, 5.74) is 1.80. The van der Waals surface area contributed by atoms with Crippen LogP contribution in [0.15, 0.2) is 30.5 Å². The van der Waals surface area contributed by atoms with Gasteiger partial charge >= 0.3 is 0 Å². The molecule has 136 valence electrons. The Labute approximate surface area is 150 Å². The molecule has 2 aromatic rings. The van der Waals surface area contributed by atoms with E-state index in [4.69, 9.17) is 4.74 Å². The van der Waals surface area contributed by atoms with Gasteiger partial charge in [0.15, 0.2) is 0 Å². The van der Waals surface area contributed by atoms with Gasteiger partial charge in [0.2, 0.25) is 0 Å². The molecule has 1 aliphatic heterocycles. The molecule has 0 amide bonds. The van der Waals surface area contributed by atoms with Crippen molar-refractivity contribution < 1.29 is 9.84 Å². The zero-order valence-electron chi connectivity index (χ0n) is 15.4. The number of aliphatic hydroxyl groups excluding tert-OH is 1. The number of hydrogen-bond donors (Lipinski definition) is 2. The van der Waals surface area contributed by atoms with Crippen LogP contribution in [0.3, 0.4) is 0 Å². The summed E-state index contributed by atoms with van der Waals surface area (Å²) >= 11 is 0. The molecular weight excluding hydrogens is 314 g/mol. The minimum absolute atomic E-state index is 0.419. The summed E-state index contributed by atoms with van der Waals surface area (Å²) in [6, 6.07) is 8.37.